The van der Waals surface area contributed by atoms with Gasteiger partial charge < -0.3 is 0 Å². The van der Waals surface area contributed by atoms with Gasteiger partial charge in [0.15, 0.2) is 0 Å². The molecule has 0 saturated heterocycles. The number of nitrogens with zero attached hydrogens (tertiary/aromatic N) is 5. The molecule has 0 amide bonds. The van der Waals surface area contributed by atoms with Crippen LogP contribution in [0, 0.1) is 0 Å². The van der Waals surface area contributed by atoms with Crippen molar-refractivity contribution in [1.29, 1.82) is 0 Å². The Balaban J connectivity index is 2.14. The van der Waals surface area contributed by atoms with Crippen molar-refractivity contribution < 1.29 is 8.78 Å². The zero-order chi connectivity index (χ0) is 14.8. The molecule has 0 saturated carbocycles. The molecule has 21 heavy (non-hydrogen) atoms. The van der Waals surface area contributed by atoms with Gasteiger partial charge in [-0.25, -0.2) is 23.4 Å². The highest BCUT2D eigenvalue weighted by molar-refractivity contribution is 6.31. The second-order valence-corrected chi connectivity index (χ2v) is 4.58. The molecule has 1 aromatic carbocycles. The van der Waals surface area contributed by atoms with Gasteiger partial charge in [-0.2, -0.15) is 0 Å². The number of hydrogen-bond acceptors (Lipinski definition) is 4. The lowest BCUT2D eigenvalue weighted by Crippen LogP contribution is -1.99. The Kier molecular flexibility index (Phi) is 3.57. The summed E-state index contributed by atoms with van der Waals surface area (Å²) in [4.78, 5) is 7.98. The Hall–Kier alpha value is -2.41. The Bertz CT molecular complexity index is 760. The van der Waals surface area contributed by atoms with Gasteiger partial charge in [-0.3, -0.25) is 0 Å². The van der Waals surface area contributed by atoms with Crippen LogP contribution in [0.5, 0.6) is 0 Å². The van der Waals surface area contributed by atoms with Crippen LogP contribution in [0.15, 0.2) is 43.0 Å². The monoisotopic (exact) mass is 307 g/mol. The maximum absolute atomic E-state index is 12.6. The molecule has 0 atom stereocenters. The summed E-state index contributed by atoms with van der Waals surface area (Å²) in [6.07, 6.45) is 1.48. The van der Waals surface area contributed by atoms with Crippen molar-refractivity contribution in [3.05, 3.63) is 53.7 Å². The van der Waals surface area contributed by atoms with E-state index in [1.807, 2.05) is 0 Å². The standard InChI is InChI=1S/C13H8ClF2N5/c14-8-1-2-12(21-6-11(13(15)16)19-20-21)9(5-8)10-3-4-17-7-18-10/h1-7,13H. The third-order valence-electron chi connectivity index (χ3n) is 2.80. The Morgan fingerprint density at radius 3 is 2.71 bits per heavy atom. The van der Waals surface area contributed by atoms with Gasteiger partial charge in [0.25, 0.3) is 6.43 Å². The smallest absolute Gasteiger partial charge is 0.245 e. The van der Waals surface area contributed by atoms with Crippen LogP contribution in [0.25, 0.3) is 16.9 Å². The van der Waals surface area contributed by atoms with E-state index >= 15 is 0 Å². The van der Waals surface area contributed by atoms with Gasteiger partial charge in [-0.05, 0) is 24.3 Å². The van der Waals surface area contributed by atoms with E-state index in [9.17, 15) is 8.78 Å². The molecule has 0 fully saturated rings. The summed E-state index contributed by atoms with van der Waals surface area (Å²) in [5, 5.41) is 7.67. The molecule has 0 spiro atoms. The quantitative estimate of drug-likeness (QED) is 0.745. The molecule has 106 valence electrons. The van der Waals surface area contributed by atoms with E-state index in [4.69, 9.17) is 11.6 Å². The fourth-order valence-electron chi connectivity index (χ4n) is 1.86. The summed E-state index contributed by atoms with van der Waals surface area (Å²) < 4.78 is 26.5. The first kappa shape index (κ1) is 13.6. The van der Waals surface area contributed by atoms with Crippen LogP contribution in [-0.2, 0) is 0 Å². The van der Waals surface area contributed by atoms with Gasteiger partial charge in [0, 0.05) is 16.8 Å². The van der Waals surface area contributed by atoms with Crippen molar-refractivity contribution in [3.63, 3.8) is 0 Å². The van der Waals surface area contributed by atoms with E-state index in [-0.39, 0.29) is 0 Å². The molecular weight excluding hydrogens is 300 g/mol. The highest BCUT2D eigenvalue weighted by Crippen LogP contribution is 2.28. The van der Waals surface area contributed by atoms with Gasteiger partial charge in [0.2, 0.25) is 0 Å². The summed E-state index contributed by atoms with van der Waals surface area (Å²) in [5.74, 6) is 0. The number of benzene rings is 1. The molecule has 2 heterocycles. The minimum Gasteiger partial charge on any atom is -0.245 e. The average Bonchev–Trinajstić information content (AvgIpc) is 2.98. The summed E-state index contributed by atoms with van der Waals surface area (Å²) in [7, 11) is 0. The molecule has 0 aliphatic carbocycles. The maximum atomic E-state index is 12.6. The van der Waals surface area contributed by atoms with Crippen LogP contribution in [0.2, 0.25) is 5.02 Å². The molecule has 0 unspecified atom stereocenters. The maximum Gasteiger partial charge on any atom is 0.283 e. The molecule has 2 aromatic heterocycles. The van der Waals surface area contributed by atoms with Crippen LogP contribution in [0.1, 0.15) is 12.1 Å². The van der Waals surface area contributed by atoms with Crippen molar-refractivity contribution in [2.75, 3.05) is 0 Å². The number of halogens is 3. The van der Waals surface area contributed by atoms with Crippen LogP contribution in [0.3, 0.4) is 0 Å². The van der Waals surface area contributed by atoms with E-state index in [2.05, 4.69) is 20.3 Å². The van der Waals surface area contributed by atoms with Crippen LogP contribution in [-0.4, -0.2) is 25.0 Å². The first-order valence-electron chi connectivity index (χ1n) is 5.92. The molecule has 3 aromatic rings. The molecule has 5 nitrogen and oxygen atoms in total. The lowest BCUT2D eigenvalue weighted by molar-refractivity contribution is 0.146. The summed E-state index contributed by atoms with van der Waals surface area (Å²) in [6, 6.07) is 6.69. The predicted octanol–water partition coefficient (Wildman–Crippen LogP) is 3.32. The van der Waals surface area contributed by atoms with E-state index in [1.54, 1.807) is 30.5 Å². The number of rotatable bonds is 3. The van der Waals surface area contributed by atoms with Gasteiger partial charge >= 0.3 is 0 Å². The minimum absolute atomic E-state index is 0.390. The lowest BCUT2D eigenvalue weighted by atomic mass is 10.1. The van der Waals surface area contributed by atoms with Crippen LogP contribution in [0.4, 0.5) is 8.78 Å². The molecule has 3 rings (SSSR count). The molecular formula is C13H8ClF2N5. The Morgan fingerprint density at radius 2 is 2.05 bits per heavy atom. The predicted molar refractivity (Wildman–Crippen MR) is 72.4 cm³/mol. The fourth-order valence-corrected chi connectivity index (χ4v) is 2.03. The highest BCUT2D eigenvalue weighted by Gasteiger charge is 2.15. The Morgan fingerprint density at radius 1 is 1.19 bits per heavy atom. The van der Waals surface area contributed by atoms with Crippen molar-refractivity contribution in [2.45, 2.75) is 6.43 Å². The SMILES string of the molecule is FC(F)c1cn(-c2ccc(Cl)cc2-c2ccncn2)nn1. The van der Waals surface area contributed by atoms with Crippen molar-refractivity contribution >= 4 is 11.6 Å². The lowest BCUT2D eigenvalue weighted by Gasteiger charge is -2.08. The summed E-state index contributed by atoms with van der Waals surface area (Å²) in [6.45, 7) is 0. The minimum atomic E-state index is -2.67. The van der Waals surface area contributed by atoms with E-state index in [0.29, 0.717) is 22.0 Å². The van der Waals surface area contributed by atoms with Gasteiger partial charge in [-0.15, -0.1) is 5.10 Å². The van der Waals surface area contributed by atoms with Crippen molar-refractivity contribution in [3.8, 4) is 16.9 Å². The van der Waals surface area contributed by atoms with Crippen molar-refractivity contribution in [1.82, 2.24) is 25.0 Å². The van der Waals surface area contributed by atoms with Crippen LogP contribution < -0.4 is 0 Å². The Labute approximate surface area is 123 Å². The number of alkyl halides is 2. The second kappa shape index (κ2) is 5.53. The third-order valence-corrected chi connectivity index (χ3v) is 3.03. The highest BCUT2D eigenvalue weighted by atomic mass is 35.5. The zero-order valence-corrected chi connectivity index (χ0v) is 11.2. The molecule has 0 aliphatic rings. The first-order chi connectivity index (χ1) is 10.1. The summed E-state index contributed by atoms with van der Waals surface area (Å²) in [5.41, 5.74) is 1.42. The first-order valence-corrected chi connectivity index (χ1v) is 6.29. The van der Waals surface area contributed by atoms with E-state index < -0.39 is 12.1 Å². The van der Waals surface area contributed by atoms with E-state index in [0.717, 1.165) is 0 Å². The van der Waals surface area contributed by atoms with Gasteiger partial charge in [0.1, 0.15) is 12.0 Å². The van der Waals surface area contributed by atoms with Crippen LogP contribution >= 0.6 is 11.6 Å². The normalized spacial score (nSPS) is 11.0. The zero-order valence-electron chi connectivity index (χ0n) is 10.5. The molecule has 0 bridgehead atoms. The number of hydrogen-bond donors (Lipinski definition) is 0. The van der Waals surface area contributed by atoms with Gasteiger partial charge in [-0.1, -0.05) is 16.8 Å². The fraction of sp³-hybridized carbons (Fsp3) is 0.0769. The topological polar surface area (TPSA) is 56.5 Å². The molecule has 0 radical (unpaired) electrons. The largest absolute Gasteiger partial charge is 0.283 e. The molecule has 0 aliphatic heterocycles. The molecule has 8 heteroatoms. The number of aromatic nitrogens is 5. The van der Waals surface area contributed by atoms with E-state index in [1.165, 1.54) is 17.2 Å². The molecule has 0 N–H and O–H groups in total. The second-order valence-electron chi connectivity index (χ2n) is 4.14. The van der Waals surface area contributed by atoms with Gasteiger partial charge in [0.05, 0.1) is 17.6 Å². The third kappa shape index (κ3) is 2.73. The summed E-state index contributed by atoms with van der Waals surface area (Å²) >= 11 is 6.00. The average molecular weight is 308 g/mol. The van der Waals surface area contributed by atoms with Crippen molar-refractivity contribution in [2.24, 2.45) is 0 Å².